The Labute approximate surface area is 351 Å². The van der Waals surface area contributed by atoms with E-state index in [2.05, 4.69) is 52.0 Å². The van der Waals surface area contributed by atoms with Gasteiger partial charge in [0.2, 0.25) is 0 Å². The zero-order chi connectivity index (χ0) is 41.2. The lowest BCUT2D eigenvalue weighted by molar-refractivity contribution is -0.190. The molecule has 1 N–H and O–H groups in total. The maximum atomic E-state index is 12.2. The fourth-order valence-electron chi connectivity index (χ4n) is 8.56. The molecule has 0 amide bonds. The third kappa shape index (κ3) is 24.7. The molecule has 1 unspecified atom stereocenters. The average molecular weight is 799 g/mol. The molecule has 0 aromatic heterocycles. The molecule has 2 aliphatic rings. The van der Waals surface area contributed by atoms with Gasteiger partial charge in [-0.05, 0) is 37.7 Å². The first-order valence-electron chi connectivity index (χ1n) is 24.7. The Hall–Kier alpha value is -1.92. The molecule has 330 valence electrons. The highest BCUT2D eigenvalue weighted by molar-refractivity contribution is 5.78. The van der Waals surface area contributed by atoms with Gasteiger partial charge in [-0.1, -0.05) is 219 Å². The van der Waals surface area contributed by atoms with Gasteiger partial charge in [0.25, 0.3) is 0 Å². The van der Waals surface area contributed by atoms with E-state index in [0.29, 0.717) is 13.0 Å². The lowest BCUT2D eigenvalue weighted by Gasteiger charge is -2.37. The van der Waals surface area contributed by atoms with E-state index in [9.17, 15) is 14.7 Å². The van der Waals surface area contributed by atoms with Gasteiger partial charge in [0, 0.05) is 12.8 Å². The molecule has 3 rings (SSSR count). The maximum absolute atomic E-state index is 12.2. The van der Waals surface area contributed by atoms with Gasteiger partial charge in [0.1, 0.15) is 12.2 Å². The van der Waals surface area contributed by atoms with Crippen LogP contribution in [0.2, 0.25) is 0 Å². The van der Waals surface area contributed by atoms with Gasteiger partial charge in [-0.3, -0.25) is 9.59 Å². The number of esters is 2. The Morgan fingerprint density at radius 3 is 1.51 bits per heavy atom. The van der Waals surface area contributed by atoms with Crippen LogP contribution >= 0.6 is 0 Å². The van der Waals surface area contributed by atoms with Crippen molar-refractivity contribution in [3.8, 4) is 0 Å². The number of benzene rings is 1. The number of hydrogen-bond donors (Lipinski definition) is 1. The molecule has 0 bridgehead atoms. The van der Waals surface area contributed by atoms with Crippen molar-refractivity contribution in [3.63, 3.8) is 0 Å². The predicted molar refractivity (Wildman–Crippen MR) is 238 cm³/mol. The van der Waals surface area contributed by atoms with E-state index in [1.165, 1.54) is 147 Å². The molecule has 0 aliphatic carbocycles. The lowest BCUT2D eigenvalue weighted by Crippen LogP contribution is -2.47. The molecule has 57 heavy (non-hydrogen) atoms. The van der Waals surface area contributed by atoms with E-state index in [-0.39, 0.29) is 42.1 Å². The number of aliphatic hydroxyl groups excluding tert-OH is 1. The summed E-state index contributed by atoms with van der Waals surface area (Å²) < 4.78 is 17.5. The summed E-state index contributed by atoms with van der Waals surface area (Å²) in [5.41, 5.74) is 1.21. The van der Waals surface area contributed by atoms with E-state index < -0.39 is 6.10 Å². The van der Waals surface area contributed by atoms with Gasteiger partial charge in [0.05, 0.1) is 30.7 Å². The molecule has 6 atom stereocenters. The molecule has 1 aromatic rings. The topological polar surface area (TPSA) is 82.1 Å². The van der Waals surface area contributed by atoms with Crippen molar-refractivity contribution in [1.29, 1.82) is 0 Å². The Kier molecular flexibility index (Phi) is 31.4. The highest BCUT2D eigenvalue weighted by Crippen LogP contribution is 2.33. The second kappa shape index (κ2) is 34.9. The largest absolute Gasteiger partial charge is 0.462 e. The molecular formula is C51H90O6. The number of hydrogen-bond acceptors (Lipinski definition) is 6. The van der Waals surface area contributed by atoms with Crippen molar-refractivity contribution in [2.45, 2.75) is 264 Å². The first kappa shape index (κ1) is 51.2. The number of carbonyl (C=O) groups is 2. The van der Waals surface area contributed by atoms with E-state index in [1.807, 2.05) is 6.07 Å². The van der Waals surface area contributed by atoms with Crippen LogP contribution in [0.15, 0.2) is 30.3 Å². The minimum absolute atomic E-state index is 0.0105. The van der Waals surface area contributed by atoms with Crippen molar-refractivity contribution in [2.75, 3.05) is 0 Å². The van der Waals surface area contributed by atoms with Crippen LogP contribution < -0.4 is 0 Å². The van der Waals surface area contributed by atoms with Crippen LogP contribution in [0, 0.1) is 11.8 Å². The number of unbranched alkanes of at least 4 members (excludes halogenated alkanes) is 22. The van der Waals surface area contributed by atoms with Crippen LogP contribution in [0.5, 0.6) is 0 Å². The molecule has 6 heteroatoms. The molecule has 2 saturated heterocycles. The second-order valence-electron chi connectivity index (χ2n) is 17.6. The zero-order valence-electron chi connectivity index (χ0n) is 37.7. The monoisotopic (exact) mass is 799 g/mol. The molecule has 2 fully saturated rings. The van der Waals surface area contributed by atoms with E-state index in [4.69, 9.17) is 14.2 Å². The van der Waals surface area contributed by atoms with Crippen molar-refractivity contribution in [3.05, 3.63) is 35.9 Å². The summed E-state index contributed by atoms with van der Waals surface area (Å²) in [6, 6.07) is 10.4. The van der Waals surface area contributed by atoms with Gasteiger partial charge in [-0.25, -0.2) is 0 Å². The first-order valence-corrected chi connectivity index (χ1v) is 24.7. The third-order valence-electron chi connectivity index (χ3n) is 12.4. The van der Waals surface area contributed by atoms with Crippen molar-refractivity contribution in [2.24, 2.45) is 11.8 Å². The summed E-state index contributed by atoms with van der Waals surface area (Å²) in [5, 5.41) is 10.3. The Morgan fingerprint density at radius 2 is 1.00 bits per heavy atom. The normalized spacial score (nSPS) is 21.0. The Bertz CT molecular complexity index is 1080. The second-order valence-corrected chi connectivity index (χ2v) is 17.6. The molecular weight excluding hydrogens is 709 g/mol. The predicted octanol–water partition coefficient (Wildman–Crippen LogP) is 14.6. The molecule has 1 aromatic carbocycles. The number of ether oxygens (including phenoxy) is 3. The first-order chi connectivity index (χ1) is 27.9. The SMILES string of the molecule is CCCCCCCCCCCC1C[C@H](O)[C@H](CCCCCC)C(=O)O1.CCCCCCCCCCC[C@H](C[C@@H]1OC(=O)[C@H]1CCCCCC)OCc1ccccc1. The molecule has 0 saturated carbocycles. The molecule has 0 radical (unpaired) electrons. The van der Waals surface area contributed by atoms with Crippen molar-refractivity contribution < 1.29 is 28.9 Å². The van der Waals surface area contributed by atoms with E-state index in [0.717, 1.165) is 57.8 Å². The zero-order valence-corrected chi connectivity index (χ0v) is 37.7. The Balaban J connectivity index is 0.000000406. The number of aliphatic hydroxyl groups is 1. The fourth-order valence-corrected chi connectivity index (χ4v) is 8.56. The number of rotatable bonds is 35. The number of carbonyl (C=O) groups excluding carboxylic acids is 2. The standard InChI is InChI=1S/C29H48O3.C22H42O3/c1-3-5-7-9-10-11-12-13-17-21-26(31-24-25-19-15-14-16-20-25)23-28-27(29(30)32-28)22-18-8-6-4-2;1-3-5-7-9-10-11-12-13-14-16-19-18-21(23)20(22(24)25-19)17-15-8-6-4-2/h14-16,19-20,26-28H,3-13,17-18,21-24H2,1-2H3;19-21,23H,3-18H2,1-2H3/t26-,27+,28+;19?,20-,21-/m10/s1. The minimum Gasteiger partial charge on any atom is -0.462 e. The van der Waals surface area contributed by atoms with E-state index in [1.54, 1.807) is 0 Å². The quantitative estimate of drug-likeness (QED) is 0.0544. The average Bonchev–Trinajstić information content (AvgIpc) is 3.21. The molecule has 2 heterocycles. The van der Waals surface area contributed by atoms with Gasteiger partial charge in [-0.15, -0.1) is 0 Å². The van der Waals surface area contributed by atoms with Gasteiger partial charge >= 0.3 is 11.9 Å². The summed E-state index contributed by atoms with van der Waals surface area (Å²) in [4.78, 5) is 24.2. The van der Waals surface area contributed by atoms with Crippen LogP contribution in [0.3, 0.4) is 0 Å². The number of cyclic esters (lactones) is 2. The summed E-state index contributed by atoms with van der Waals surface area (Å²) in [5.74, 6) is -0.332. The summed E-state index contributed by atoms with van der Waals surface area (Å²) in [6.07, 6.45) is 38.1. The Morgan fingerprint density at radius 1 is 0.561 bits per heavy atom. The smallest absolute Gasteiger partial charge is 0.313 e. The van der Waals surface area contributed by atoms with Gasteiger partial charge in [-0.2, -0.15) is 0 Å². The lowest BCUT2D eigenvalue weighted by atomic mass is 9.86. The van der Waals surface area contributed by atoms with Crippen LogP contribution in [-0.4, -0.2) is 41.5 Å². The van der Waals surface area contributed by atoms with Crippen LogP contribution in [0.25, 0.3) is 0 Å². The maximum Gasteiger partial charge on any atom is 0.313 e. The summed E-state index contributed by atoms with van der Waals surface area (Å²) >= 11 is 0. The molecule has 0 spiro atoms. The fraction of sp³-hybridized carbons (Fsp3) is 0.843. The van der Waals surface area contributed by atoms with Crippen LogP contribution in [0.4, 0.5) is 0 Å². The molecule has 2 aliphatic heterocycles. The highest BCUT2D eigenvalue weighted by atomic mass is 16.6. The summed E-state index contributed by atoms with van der Waals surface area (Å²) in [7, 11) is 0. The van der Waals surface area contributed by atoms with Gasteiger partial charge < -0.3 is 19.3 Å². The van der Waals surface area contributed by atoms with Crippen molar-refractivity contribution in [1.82, 2.24) is 0 Å². The molecule has 6 nitrogen and oxygen atoms in total. The van der Waals surface area contributed by atoms with E-state index >= 15 is 0 Å². The minimum atomic E-state index is -0.494. The van der Waals surface area contributed by atoms with Crippen LogP contribution in [-0.2, 0) is 30.4 Å². The third-order valence-corrected chi connectivity index (χ3v) is 12.4. The van der Waals surface area contributed by atoms with Crippen molar-refractivity contribution >= 4 is 11.9 Å². The summed E-state index contributed by atoms with van der Waals surface area (Å²) in [6.45, 7) is 9.58. The van der Waals surface area contributed by atoms with Gasteiger partial charge in [0.15, 0.2) is 0 Å². The van der Waals surface area contributed by atoms with Crippen LogP contribution in [0.1, 0.15) is 239 Å². The highest BCUT2D eigenvalue weighted by Gasteiger charge is 2.42.